The topological polar surface area (TPSA) is 16.4 Å². The van der Waals surface area contributed by atoms with Gasteiger partial charge in [0, 0.05) is 42.2 Å². The molecule has 0 bridgehead atoms. The molecule has 55 heavy (non-hydrogen) atoms. The number of anilines is 3. The molecule has 11 rings (SSSR count). The first-order chi connectivity index (χ1) is 27.3. The summed E-state index contributed by atoms with van der Waals surface area (Å²) < 4.78 is 9.38. The van der Waals surface area contributed by atoms with Crippen LogP contribution in [0.15, 0.2) is 205 Å². The lowest BCUT2D eigenvalue weighted by Crippen LogP contribution is -2.12. The minimum absolute atomic E-state index is 0.861. The largest absolute Gasteiger partial charge is 0.455 e. The van der Waals surface area contributed by atoms with E-state index in [4.69, 9.17) is 4.42 Å². The second-order valence-corrected chi connectivity index (χ2v) is 15.1. The van der Waals surface area contributed by atoms with Gasteiger partial charge in [-0.15, -0.1) is 11.3 Å². The van der Waals surface area contributed by atoms with E-state index in [1.807, 2.05) is 11.3 Å². The number of hydrogen-bond donors (Lipinski definition) is 0. The van der Waals surface area contributed by atoms with Crippen molar-refractivity contribution in [3.05, 3.63) is 200 Å². The molecule has 2 aromatic heterocycles. The molecular weight excluding hydrogens is 687 g/mol. The van der Waals surface area contributed by atoms with Gasteiger partial charge in [0.2, 0.25) is 0 Å². The van der Waals surface area contributed by atoms with Crippen LogP contribution in [0.1, 0.15) is 0 Å². The van der Waals surface area contributed by atoms with Crippen LogP contribution in [0, 0.1) is 0 Å². The molecule has 0 aliphatic rings. The maximum absolute atomic E-state index is 6.80. The molecule has 0 aliphatic heterocycles. The Kier molecular flexibility index (Phi) is 7.39. The van der Waals surface area contributed by atoms with Gasteiger partial charge in [-0.2, -0.15) is 0 Å². The molecule has 0 unspecified atom stereocenters. The minimum Gasteiger partial charge on any atom is -0.455 e. The van der Waals surface area contributed by atoms with Gasteiger partial charge >= 0.3 is 0 Å². The third-order valence-electron chi connectivity index (χ3n) is 10.8. The first-order valence-corrected chi connectivity index (χ1v) is 19.5. The molecule has 0 radical (unpaired) electrons. The van der Waals surface area contributed by atoms with Crippen molar-refractivity contribution in [3.63, 3.8) is 0 Å². The van der Waals surface area contributed by atoms with Crippen LogP contribution in [0.4, 0.5) is 17.1 Å². The van der Waals surface area contributed by atoms with E-state index in [9.17, 15) is 0 Å². The quantitative estimate of drug-likeness (QED) is 0.170. The van der Waals surface area contributed by atoms with Gasteiger partial charge in [-0.1, -0.05) is 146 Å². The standard InChI is InChI=1S/C52H33NOS/c1-3-15-34(16-4-1)37-31-38(35-17-5-2-6-18-35)33-39(32-37)53(46-25-14-26-47-51(46)44-30-29-36-19-7-8-20-40(36)52(44)54-47)45-24-11-9-21-41(45)42-23-13-28-49-50(42)43-22-10-12-27-48(43)55-49/h1-33H. The van der Waals surface area contributed by atoms with Gasteiger partial charge in [-0.3, -0.25) is 0 Å². The molecule has 0 atom stereocenters. The van der Waals surface area contributed by atoms with Crippen molar-refractivity contribution in [1.29, 1.82) is 0 Å². The van der Waals surface area contributed by atoms with Crippen molar-refractivity contribution in [2.24, 2.45) is 0 Å². The first kappa shape index (κ1) is 31.6. The minimum atomic E-state index is 0.861. The predicted molar refractivity (Wildman–Crippen MR) is 235 cm³/mol. The highest BCUT2D eigenvalue weighted by Gasteiger charge is 2.24. The molecule has 0 saturated heterocycles. The van der Waals surface area contributed by atoms with Gasteiger partial charge in [0.25, 0.3) is 0 Å². The molecule has 11 aromatic rings. The number of fused-ring (bicyclic) bond motifs is 8. The van der Waals surface area contributed by atoms with Crippen LogP contribution in [0.25, 0.3) is 86.3 Å². The molecule has 0 saturated carbocycles. The van der Waals surface area contributed by atoms with E-state index in [0.29, 0.717) is 0 Å². The summed E-state index contributed by atoms with van der Waals surface area (Å²) in [5.74, 6) is 0. The predicted octanol–water partition coefficient (Wildman–Crippen LogP) is 15.6. The second-order valence-electron chi connectivity index (χ2n) is 14.0. The summed E-state index contributed by atoms with van der Waals surface area (Å²) >= 11 is 1.86. The number of benzene rings is 9. The maximum Gasteiger partial charge on any atom is 0.143 e. The Labute approximate surface area is 322 Å². The summed E-state index contributed by atoms with van der Waals surface area (Å²) in [6.45, 7) is 0. The summed E-state index contributed by atoms with van der Waals surface area (Å²) in [5, 5.41) is 7.03. The molecule has 0 fully saturated rings. The third kappa shape index (κ3) is 5.24. The molecule has 3 heteroatoms. The van der Waals surface area contributed by atoms with Gasteiger partial charge < -0.3 is 9.32 Å². The van der Waals surface area contributed by atoms with Crippen LogP contribution in [-0.4, -0.2) is 0 Å². The molecule has 0 N–H and O–H groups in total. The molecule has 9 aromatic carbocycles. The van der Waals surface area contributed by atoms with Gasteiger partial charge in [-0.25, -0.2) is 0 Å². The van der Waals surface area contributed by atoms with Crippen molar-refractivity contribution in [1.82, 2.24) is 0 Å². The number of nitrogens with zero attached hydrogens (tertiary/aromatic N) is 1. The summed E-state index contributed by atoms with van der Waals surface area (Å²) in [6, 6.07) is 72.2. The molecule has 2 heterocycles. The number of furan rings is 1. The Bertz CT molecular complexity index is 3150. The average Bonchev–Trinajstić information content (AvgIpc) is 3.84. The average molecular weight is 720 g/mol. The lowest BCUT2D eigenvalue weighted by Gasteiger charge is -2.29. The van der Waals surface area contributed by atoms with Crippen LogP contribution in [0.3, 0.4) is 0 Å². The highest BCUT2D eigenvalue weighted by molar-refractivity contribution is 7.25. The van der Waals surface area contributed by atoms with E-state index in [2.05, 4.69) is 205 Å². The van der Waals surface area contributed by atoms with Crippen molar-refractivity contribution >= 4 is 81.3 Å². The Hall–Kier alpha value is -6.94. The molecule has 0 amide bonds. The Balaban J connectivity index is 1.25. The van der Waals surface area contributed by atoms with E-state index < -0.39 is 0 Å². The van der Waals surface area contributed by atoms with E-state index in [1.165, 1.54) is 42.4 Å². The van der Waals surface area contributed by atoms with Gasteiger partial charge in [0.15, 0.2) is 0 Å². The van der Waals surface area contributed by atoms with E-state index in [0.717, 1.165) is 60.9 Å². The van der Waals surface area contributed by atoms with E-state index in [-0.39, 0.29) is 0 Å². The van der Waals surface area contributed by atoms with Gasteiger partial charge in [0.05, 0.1) is 16.8 Å². The number of thiophene rings is 1. The Morgan fingerprint density at radius 3 is 1.80 bits per heavy atom. The van der Waals surface area contributed by atoms with Crippen molar-refractivity contribution in [2.75, 3.05) is 4.90 Å². The SMILES string of the molecule is c1ccc(-c2cc(-c3ccccc3)cc(N(c3ccccc3-c3cccc4sc5ccccc5c34)c3cccc4oc5c6ccccc6ccc5c34)c2)cc1. The molecule has 258 valence electrons. The molecule has 2 nitrogen and oxygen atoms in total. The monoisotopic (exact) mass is 719 g/mol. The Morgan fingerprint density at radius 2 is 1.00 bits per heavy atom. The fraction of sp³-hybridized carbons (Fsp3) is 0. The van der Waals surface area contributed by atoms with E-state index >= 15 is 0 Å². The van der Waals surface area contributed by atoms with Crippen LogP contribution in [-0.2, 0) is 0 Å². The summed E-state index contributed by atoms with van der Waals surface area (Å²) in [7, 11) is 0. The van der Waals surface area contributed by atoms with Gasteiger partial charge in [0.1, 0.15) is 11.2 Å². The van der Waals surface area contributed by atoms with Crippen LogP contribution in [0.5, 0.6) is 0 Å². The zero-order valence-corrected chi connectivity index (χ0v) is 30.6. The van der Waals surface area contributed by atoms with Crippen LogP contribution >= 0.6 is 11.3 Å². The summed E-state index contributed by atoms with van der Waals surface area (Å²) in [5.41, 5.74) is 12.0. The fourth-order valence-electron chi connectivity index (χ4n) is 8.36. The van der Waals surface area contributed by atoms with E-state index in [1.54, 1.807) is 0 Å². The number of hydrogen-bond acceptors (Lipinski definition) is 3. The van der Waals surface area contributed by atoms with Crippen LogP contribution in [0.2, 0.25) is 0 Å². The van der Waals surface area contributed by atoms with Gasteiger partial charge in [-0.05, 0) is 87.8 Å². The lowest BCUT2D eigenvalue weighted by atomic mass is 9.95. The summed E-state index contributed by atoms with van der Waals surface area (Å²) in [4.78, 5) is 2.47. The van der Waals surface area contributed by atoms with Crippen LogP contribution < -0.4 is 4.90 Å². The molecular formula is C52H33NOS. The summed E-state index contributed by atoms with van der Waals surface area (Å²) in [6.07, 6.45) is 0. The fourth-order valence-corrected chi connectivity index (χ4v) is 9.49. The zero-order valence-electron chi connectivity index (χ0n) is 29.8. The molecule has 0 aliphatic carbocycles. The number of para-hydroxylation sites is 1. The lowest BCUT2D eigenvalue weighted by molar-refractivity contribution is 0.672. The van der Waals surface area contributed by atoms with Crippen molar-refractivity contribution in [2.45, 2.75) is 0 Å². The normalized spacial score (nSPS) is 11.6. The number of rotatable bonds is 6. The Morgan fingerprint density at radius 1 is 0.382 bits per heavy atom. The van der Waals surface area contributed by atoms with Crippen molar-refractivity contribution < 1.29 is 4.42 Å². The second kappa shape index (κ2) is 12.9. The third-order valence-corrected chi connectivity index (χ3v) is 12.0. The zero-order chi connectivity index (χ0) is 36.3. The maximum atomic E-state index is 6.80. The van der Waals surface area contributed by atoms with Crippen molar-refractivity contribution in [3.8, 4) is 33.4 Å². The first-order valence-electron chi connectivity index (χ1n) is 18.7. The molecule has 0 spiro atoms. The smallest absolute Gasteiger partial charge is 0.143 e. The highest BCUT2D eigenvalue weighted by atomic mass is 32.1. The highest BCUT2D eigenvalue weighted by Crippen LogP contribution is 2.50.